The summed E-state index contributed by atoms with van der Waals surface area (Å²) in [5.41, 5.74) is 0. The number of carboxylic acids is 1. The van der Waals surface area contributed by atoms with Crippen LogP contribution in [0.15, 0.2) is 10.6 Å². The summed E-state index contributed by atoms with van der Waals surface area (Å²) in [6.45, 7) is 1.91. The number of oxazole rings is 1. The van der Waals surface area contributed by atoms with Crippen LogP contribution in [-0.4, -0.2) is 41.2 Å². The second kappa shape index (κ2) is 7.88. The van der Waals surface area contributed by atoms with Gasteiger partial charge in [0.15, 0.2) is 0 Å². The van der Waals surface area contributed by atoms with Crippen molar-refractivity contribution in [2.24, 2.45) is 0 Å². The van der Waals surface area contributed by atoms with E-state index in [4.69, 9.17) is 9.52 Å². The molecular formula is C12H17N3O6. The summed E-state index contributed by atoms with van der Waals surface area (Å²) in [6.07, 6.45) is 1.77. The number of carboxylic acid groups (broad SMARTS) is 1. The molecule has 2 amide bonds. The number of carbonyl (C=O) groups is 3. The van der Waals surface area contributed by atoms with E-state index >= 15 is 0 Å². The molecule has 0 aliphatic carbocycles. The van der Waals surface area contributed by atoms with Gasteiger partial charge in [0.2, 0.25) is 5.89 Å². The summed E-state index contributed by atoms with van der Waals surface area (Å²) in [7, 11) is 1.13. The van der Waals surface area contributed by atoms with Gasteiger partial charge in [0.05, 0.1) is 26.3 Å². The highest BCUT2D eigenvalue weighted by Crippen LogP contribution is 2.03. The molecule has 9 heteroatoms. The van der Waals surface area contributed by atoms with Crippen molar-refractivity contribution < 1.29 is 28.6 Å². The largest absolute Gasteiger partial charge is 0.480 e. The normalized spacial score (nSPS) is 11.5. The molecule has 0 radical (unpaired) electrons. The molecule has 21 heavy (non-hydrogen) atoms. The van der Waals surface area contributed by atoms with Crippen LogP contribution in [0.4, 0.5) is 4.79 Å². The highest BCUT2D eigenvalue weighted by Gasteiger charge is 2.23. The smallest absolute Gasteiger partial charge is 0.326 e. The van der Waals surface area contributed by atoms with Crippen LogP contribution in [0.25, 0.3) is 0 Å². The van der Waals surface area contributed by atoms with Gasteiger partial charge in [-0.15, -0.1) is 0 Å². The van der Waals surface area contributed by atoms with Gasteiger partial charge in [-0.25, -0.2) is 14.6 Å². The number of nitrogens with one attached hydrogen (secondary N) is 2. The number of hydrogen-bond donors (Lipinski definition) is 3. The molecule has 9 nitrogen and oxygen atoms in total. The van der Waals surface area contributed by atoms with Gasteiger partial charge >= 0.3 is 18.0 Å². The Bertz CT molecular complexity index is 513. The van der Waals surface area contributed by atoms with Gasteiger partial charge in [-0.2, -0.15) is 0 Å². The number of hydrogen-bond acceptors (Lipinski definition) is 6. The number of ether oxygens (including phenoxy) is 1. The highest BCUT2D eigenvalue weighted by molar-refractivity contribution is 5.86. The molecule has 0 unspecified atom stereocenters. The van der Waals surface area contributed by atoms with Gasteiger partial charge in [-0.1, -0.05) is 6.92 Å². The number of aryl methyl sites for hydroxylation is 1. The van der Waals surface area contributed by atoms with Gasteiger partial charge in [0.1, 0.15) is 11.8 Å². The van der Waals surface area contributed by atoms with Gasteiger partial charge in [0.25, 0.3) is 0 Å². The number of esters is 1. The molecule has 0 aromatic carbocycles. The van der Waals surface area contributed by atoms with E-state index in [1.54, 1.807) is 6.20 Å². The molecule has 1 heterocycles. The molecule has 0 fully saturated rings. The number of aromatic nitrogens is 1. The molecule has 0 saturated carbocycles. The minimum absolute atomic E-state index is 0.0103. The molecule has 116 valence electrons. The van der Waals surface area contributed by atoms with Crippen LogP contribution in [0.3, 0.4) is 0 Å². The molecular weight excluding hydrogens is 282 g/mol. The first-order chi connectivity index (χ1) is 9.96. The average Bonchev–Trinajstić information content (AvgIpc) is 2.92. The van der Waals surface area contributed by atoms with Gasteiger partial charge < -0.3 is 24.9 Å². The molecule has 1 aromatic heterocycles. The Balaban J connectivity index is 2.46. The van der Waals surface area contributed by atoms with Crippen LogP contribution in [0.1, 0.15) is 25.0 Å². The summed E-state index contributed by atoms with van der Waals surface area (Å²) in [4.78, 5) is 37.5. The van der Waals surface area contributed by atoms with Crippen LogP contribution >= 0.6 is 0 Å². The van der Waals surface area contributed by atoms with Crippen molar-refractivity contribution in [1.29, 1.82) is 0 Å². The first-order valence-corrected chi connectivity index (χ1v) is 6.23. The quantitative estimate of drug-likeness (QED) is 0.606. The average molecular weight is 299 g/mol. The minimum Gasteiger partial charge on any atom is -0.480 e. The first kappa shape index (κ1) is 16.5. The number of nitrogens with zero attached hydrogens (tertiary/aromatic N) is 1. The van der Waals surface area contributed by atoms with Crippen molar-refractivity contribution in [3.05, 3.63) is 17.8 Å². The fraction of sp³-hybridized carbons (Fsp3) is 0.500. The molecule has 0 saturated heterocycles. The third-order valence-corrected chi connectivity index (χ3v) is 2.55. The molecule has 1 atom stereocenters. The number of rotatable bonds is 7. The van der Waals surface area contributed by atoms with Crippen LogP contribution in [-0.2, 0) is 27.3 Å². The predicted molar refractivity (Wildman–Crippen MR) is 69.3 cm³/mol. The molecule has 3 N–H and O–H groups in total. The monoisotopic (exact) mass is 299 g/mol. The summed E-state index contributed by atoms with van der Waals surface area (Å²) in [6, 6.07) is -2.12. The van der Waals surface area contributed by atoms with Crippen molar-refractivity contribution in [2.75, 3.05) is 7.11 Å². The third kappa shape index (κ3) is 5.51. The van der Waals surface area contributed by atoms with Crippen molar-refractivity contribution >= 4 is 18.0 Å². The SMILES string of the molecule is CCc1cnc(CNC(=O)N[C@@H](CC(=O)OC)C(=O)O)o1. The second-order valence-electron chi connectivity index (χ2n) is 4.07. The zero-order valence-electron chi connectivity index (χ0n) is 11.7. The summed E-state index contributed by atoms with van der Waals surface area (Å²) >= 11 is 0. The van der Waals surface area contributed by atoms with Gasteiger partial charge in [0, 0.05) is 6.42 Å². The molecule has 0 aliphatic heterocycles. The minimum atomic E-state index is -1.37. The van der Waals surface area contributed by atoms with E-state index < -0.39 is 30.4 Å². The van der Waals surface area contributed by atoms with Crippen molar-refractivity contribution in [1.82, 2.24) is 15.6 Å². The van der Waals surface area contributed by atoms with Gasteiger partial charge in [-0.05, 0) is 0 Å². The topological polar surface area (TPSA) is 131 Å². The van der Waals surface area contributed by atoms with Crippen LogP contribution < -0.4 is 10.6 Å². The molecule has 1 aromatic rings. The van der Waals surface area contributed by atoms with E-state index in [1.165, 1.54) is 0 Å². The predicted octanol–water partition coefficient (Wildman–Crippen LogP) is 0.0525. The summed E-state index contributed by atoms with van der Waals surface area (Å²) < 4.78 is 9.63. The lowest BCUT2D eigenvalue weighted by Crippen LogP contribution is -2.46. The Morgan fingerprint density at radius 3 is 2.71 bits per heavy atom. The highest BCUT2D eigenvalue weighted by atomic mass is 16.5. The van der Waals surface area contributed by atoms with E-state index in [9.17, 15) is 14.4 Å². The van der Waals surface area contributed by atoms with Crippen LogP contribution in [0, 0.1) is 0 Å². The van der Waals surface area contributed by atoms with E-state index in [-0.39, 0.29) is 6.54 Å². The molecule has 0 aliphatic rings. The Kier molecular flexibility index (Phi) is 6.18. The lowest BCUT2D eigenvalue weighted by Gasteiger charge is -2.13. The van der Waals surface area contributed by atoms with E-state index in [0.717, 1.165) is 7.11 Å². The van der Waals surface area contributed by atoms with Crippen molar-refractivity contribution in [2.45, 2.75) is 32.4 Å². The van der Waals surface area contributed by atoms with E-state index in [1.807, 2.05) is 6.92 Å². The van der Waals surface area contributed by atoms with E-state index in [2.05, 4.69) is 20.4 Å². The number of methoxy groups -OCH3 is 1. The fourth-order valence-electron chi connectivity index (χ4n) is 1.41. The number of aliphatic carboxylic acids is 1. The maximum atomic E-state index is 11.6. The lowest BCUT2D eigenvalue weighted by molar-refractivity contribution is -0.147. The van der Waals surface area contributed by atoms with Crippen LogP contribution in [0.5, 0.6) is 0 Å². The number of carbonyl (C=O) groups excluding carboxylic acids is 2. The Morgan fingerprint density at radius 1 is 1.48 bits per heavy atom. The zero-order chi connectivity index (χ0) is 15.8. The maximum absolute atomic E-state index is 11.6. The Hall–Kier alpha value is -2.58. The van der Waals surface area contributed by atoms with Crippen molar-refractivity contribution in [3.63, 3.8) is 0 Å². The summed E-state index contributed by atoms with van der Waals surface area (Å²) in [5, 5.41) is 13.4. The second-order valence-corrected chi connectivity index (χ2v) is 4.07. The first-order valence-electron chi connectivity index (χ1n) is 6.23. The third-order valence-electron chi connectivity index (χ3n) is 2.55. The molecule has 0 spiro atoms. The molecule has 1 rings (SSSR count). The fourth-order valence-corrected chi connectivity index (χ4v) is 1.41. The molecule has 0 bridgehead atoms. The van der Waals surface area contributed by atoms with Crippen molar-refractivity contribution in [3.8, 4) is 0 Å². The van der Waals surface area contributed by atoms with E-state index in [0.29, 0.717) is 18.1 Å². The lowest BCUT2D eigenvalue weighted by atomic mass is 10.2. The Morgan fingerprint density at radius 2 is 2.19 bits per heavy atom. The Labute approximate surface area is 120 Å². The maximum Gasteiger partial charge on any atom is 0.326 e. The summed E-state index contributed by atoms with van der Waals surface area (Å²) in [5.74, 6) is -1.08. The van der Waals surface area contributed by atoms with Crippen LogP contribution in [0.2, 0.25) is 0 Å². The number of amides is 2. The number of urea groups is 1. The zero-order valence-corrected chi connectivity index (χ0v) is 11.7. The standard InChI is InChI=1S/C12H17N3O6/c1-3-7-5-13-9(21-7)6-14-12(19)15-8(11(17)18)4-10(16)20-2/h5,8H,3-4,6H2,1-2H3,(H,17,18)(H2,14,15,19)/t8-/m0/s1. The van der Waals surface area contributed by atoms with Gasteiger partial charge in [-0.3, -0.25) is 4.79 Å².